The summed E-state index contributed by atoms with van der Waals surface area (Å²) >= 11 is 0. The van der Waals surface area contributed by atoms with Crippen molar-refractivity contribution in [2.24, 2.45) is 5.92 Å². The summed E-state index contributed by atoms with van der Waals surface area (Å²) in [6.45, 7) is 5.82. The summed E-state index contributed by atoms with van der Waals surface area (Å²) in [4.78, 5) is 27.1. The van der Waals surface area contributed by atoms with Crippen LogP contribution in [0.4, 0.5) is 13.6 Å². The number of carbonyl (C=O) groups is 2. The summed E-state index contributed by atoms with van der Waals surface area (Å²) in [7, 11) is -4.59. The first-order valence-corrected chi connectivity index (χ1v) is 18.8. The first-order chi connectivity index (χ1) is 23.7. The van der Waals surface area contributed by atoms with Gasteiger partial charge in [0.15, 0.2) is 6.04 Å². The predicted octanol–water partition coefficient (Wildman–Crippen LogP) is 7.27. The molecule has 2 aliphatic rings. The molecule has 50 heavy (non-hydrogen) atoms. The average molecular weight is 712 g/mol. The fourth-order valence-electron chi connectivity index (χ4n) is 6.37. The second kappa shape index (κ2) is 15.9. The third-order valence-corrected chi connectivity index (χ3v) is 10.6. The van der Waals surface area contributed by atoms with Gasteiger partial charge in [-0.25, -0.2) is 13.2 Å². The quantitative estimate of drug-likeness (QED) is 0.216. The molecule has 1 heterocycles. The molecule has 3 aromatic carbocycles. The Bertz CT molecular complexity index is 1680. The van der Waals surface area contributed by atoms with Crippen LogP contribution in [0.25, 0.3) is 11.1 Å². The van der Waals surface area contributed by atoms with Crippen molar-refractivity contribution >= 4 is 22.0 Å². The van der Waals surface area contributed by atoms with Crippen LogP contribution in [-0.4, -0.2) is 62.7 Å². The summed E-state index contributed by atoms with van der Waals surface area (Å²) in [5.41, 5.74) is 0.313. The van der Waals surface area contributed by atoms with Crippen molar-refractivity contribution in [1.82, 2.24) is 14.9 Å². The first kappa shape index (κ1) is 37.2. The maximum absolute atomic E-state index is 16.5. The minimum atomic E-state index is -4.59. The number of ether oxygens (including phenoxy) is 2. The van der Waals surface area contributed by atoms with Crippen molar-refractivity contribution in [3.8, 4) is 16.9 Å². The summed E-state index contributed by atoms with van der Waals surface area (Å²) in [5, 5.41) is 2.76. The van der Waals surface area contributed by atoms with Crippen LogP contribution >= 0.6 is 0 Å². The van der Waals surface area contributed by atoms with E-state index >= 15 is 8.78 Å². The van der Waals surface area contributed by atoms with Crippen LogP contribution in [0.1, 0.15) is 71.3 Å². The molecule has 0 aromatic heterocycles. The lowest BCUT2D eigenvalue weighted by Gasteiger charge is -2.36. The number of amides is 2. The minimum absolute atomic E-state index is 0.0353. The lowest BCUT2D eigenvalue weighted by atomic mass is 9.90. The number of carbonyl (C=O) groups excluding carboxylic acids is 2. The molecule has 0 bridgehead atoms. The number of halogens is 2. The molecular formula is C38H47F2N3O6S. The highest BCUT2D eigenvalue weighted by atomic mass is 32.2. The molecule has 1 saturated heterocycles. The number of rotatable bonds is 11. The van der Waals surface area contributed by atoms with E-state index in [1.807, 2.05) is 30.3 Å². The van der Waals surface area contributed by atoms with Gasteiger partial charge in [0.2, 0.25) is 15.9 Å². The van der Waals surface area contributed by atoms with E-state index in [4.69, 9.17) is 9.47 Å². The van der Waals surface area contributed by atoms with Crippen molar-refractivity contribution in [1.29, 1.82) is 0 Å². The smallest absolute Gasteiger partial charge is 0.407 e. The molecule has 0 radical (unpaired) electrons. The highest BCUT2D eigenvalue weighted by Crippen LogP contribution is 2.36. The number of benzene rings is 3. The van der Waals surface area contributed by atoms with Crippen LogP contribution in [0.2, 0.25) is 0 Å². The Morgan fingerprint density at radius 1 is 0.840 bits per heavy atom. The van der Waals surface area contributed by atoms with E-state index in [-0.39, 0.29) is 36.9 Å². The fourth-order valence-corrected chi connectivity index (χ4v) is 7.56. The van der Waals surface area contributed by atoms with Gasteiger partial charge in [-0.05, 0) is 87.8 Å². The van der Waals surface area contributed by atoms with Crippen LogP contribution < -0.4 is 14.8 Å². The number of nitrogens with one attached hydrogen (secondary N) is 2. The van der Waals surface area contributed by atoms with Gasteiger partial charge in [-0.1, -0.05) is 73.9 Å². The third kappa shape index (κ3) is 9.81. The van der Waals surface area contributed by atoms with Crippen LogP contribution in [0, 0.1) is 5.92 Å². The molecule has 0 spiro atoms. The molecule has 3 aromatic rings. The van der Waals surface area contributed by atoms with Gasteiger partial charge in [-0.3, -0.25) is 4.79 Å². The topological polar surface area (TPSA) is 114 Å². The Morgan fingerprint density at radius 2 is 1.44 bits per heavy atom. The maximum atomic E-state index is 16.5. The van der Waals surface area contributed by atoms with Crippen molar-refractivity contribution in [2.75, 3.05) is 19.7 Å². The molecule has 1 unspecified atom stereocenters. The van der Waals surface area contributed by atoms with E-state index in [1.165, 1.54) is 72.7 Å². The normalized spacial score (nSPS) is 17.2. The zero-order valence-electron chi connectivity index (χ0n) is 28.9. The number of alkyl halides is 2. The Morgan fingerprint density at radius 3 is 2.04 bits per heavy atom. The molecule has 1 atom stereocenters. The van der Waals surface area contributed by atoms with Gasteiger partial charge in [-0.15, -0.1) is 0 Å². The number of alkyl carbamates (subject to hydrolysis) is 1. The van der Waals surface area contributed by atoms with Crippen LogP contribution in [0.5, 0.6) is 5.75 Å². The average Bonchev–Trinajstić information content (AvgIpc) is 3.10. The first-order valence-electron chi connectivity index (χ1n) is 17.3. The van der Waals surface area contributed by atoms with E-state index in [1.54, 1.807) is 20.8 Å². The zero-order valence-corrected chi connectivity index (χ0v) is 29.7. The molecule has 1 saturated carbocycles. The van der Waals surface area contributed by atoms with E-state index < -0.39 is 45.2 Å². The van der Waals surface area contributed by atoms with Crippen molar-refractivity contribution in [3.63, 3.8) is 0 Å². The molecule has 2 fully saturated rings. The van der Waals surface area contributed by atoms with E-state index in [0.717, 1.165) is 18.4 Å². The molecular weight excluding hydrogens is 664 g/mol. The molecule has 1 aliphatic carbocycles. The van der Waals surface area contributed by atoms with Gasteiger partial charge in [0.05, 0.1) is 11.5 Å². The number of hydrogen-bond donors (Lipinski definition) is 2. The van der Waals surface area contributed by atoms with Crippen LogP contribution in [0.15, 0.2) is 83.8 Å². The van der Waals surface area contributed by atoms with Crippen LogP contribution in [0.3, 0.4) is 0 Å². The summed E-state index contributed by atoms with van der Waals surface area (Å²) < 4.78 is 73.5. The van der Waals surface area contributed by atoms with Crippen molar-refractivity contribution < 1.29 is 36.3 Å². The number of likely N-dealkylation sites (tertiary alicyclic amines) is 1. The molecule has 270 valence electrons. The molecule has 12 heteroatoms. The molecule has 2 N–H and O–H groups in total. The molecule has 1 aliphatic heterocycles. The van der Waals surface area contributed by atoms with Gasteiger partial charge in [0.1, 0.15) is 11.4 Å². The lowest BCUT2D eigenvalue weighted by Crippen LogP contribution is -2.58. The van der Waals surface area contributed by atoms with Gasteiger partial charge >= 0.3 is 6.09 Å². The Balaban J connectivity index is 1.34. The number of nitrogens with zero attached hydrogens (tertiary/aromatic N) is 1. The molecule has 9 nitrogen and oxygen atoms in total. The molecule has 2 amide bonds. The zero-order chi connectivity index (χ0) is 35.9. The Labute approximate surface area is 293 Å². The van der Waals surface area contributed by atoms with Gasteiger partial charge in [-0.2, -0.15) is 13.5 Å². The Kier molecular flexibility index (Phi) is 11.8. The van der Waals surface area contributed by atoms with Crippen molar-refractivity contribution in [2.45, 2.75) is 94.2 Å². The Hall–Kier alpha value is -4.03. The van der Waals surface area contributed by atoms with E-state index in [0.29, 0.717) is 23.8 Å². The summed E-state index contributed by atoms with van der Waals surface area (Å²) in [6.07, 6.45) is 5.69. The van der Waals surface area contributed by atoms with Gasteiger partial charge in [0.25, 0.3) is 5.92 Å². The number of piperidine rings is 1. The van der Waals surface area contributed by atoms with E-state index in [9.17, 15) is 18.0 Å². The number of hydrogen-bond acceptors (Lipinski definition) is 6. The SMILES string of the molecule is CC(C)(C)OC(=O)NC1CCN(C(=O)C(NS(=O)(=O)c2ccc(OCC3CCCCC3)cc2)C(F)(F)c2ccc(-c3ccccc3)cc2)CC1. The highest BCUT2D eigenvalue weighted by Gasteiger charge is 2.50. The monoisotopic (exact) mass is 711 g/mol. The lowest BCUT2D eigenvalue weighted by molar-refractivity contribution is -0.145. The largest absolute Gasteiger partial charge is 0.493 e. The fraction of sp³-hybridized carbons (Fsp3) is 0.474. The van der Waals surface area contributed by atoms with Gasteiger partial charge in [0, 0.05) is 24.7 Å². The van der Waals surface area contributed by atoms with Crippen molar-refractivity contribution in [3.05, 3.63) is 84.4 Å². The molecule has 5 rings (SSSR count). The van der Waals surface area contributed by atoms with Gasteiger partial charge < -0.3 is 19.7 Å². The van der Waals surface area contributed by atoms with Crippen LogP contribution in [-0.2, 0) is 25.5 Å². The standard InChI is InChI=1S/C38H47F2N3O6S/c1-37(2,3)49-36(45)41-31-22-24-43(25-23-31)35(44)34(38(39,40)30-16-14-29(15-17-30)28-12-8-5-9-13-28)42-50(46,47)33-20-18-32(19-21-33)48-26-27-10-6-4-7-11-27/h5,8-9,12-21,27,31,34,42H,4,6-7,10-11,22-26H2,1-3H3,(H,41,45). The number of sulfonamides is 1. The maximum Gasteiger partial charge on any atom is 0.407 e. The summed E-state index contributed by atoms with van der Waals surface area (Å²) in [5.74, 6) is -4.06. The highest BCUT2D eigenvalue weighted by molar-refractivity contribution is 7.89. The third-order valence-electron chi connectivity index (χ3n) is 9.13. The van der Waals surface area contributed by atoms with E-state index in [2.05, 4.69) is 10.0 Å². The minimum Gasteiger partial charge on any atom is -0.493 e. The summed E-state index contributed by atoms with van der Waals surface area (Å²) in [6, 6.07) is 17.5. The second-order valence-corrected chi connectivity index (χ2v) is 15.9. The second-order valence-electron chi connectivity index (χ2n) is 14.2. The predicted molar refractivity (Wildman–Crippen MR) is 187 cm³/mol.